The van der Waals surface area contributed by atoms with Crippen molar-refractivity contribution in [3.05, 3.63) is 46.8 Å². The van der Waals surface area contributed by atoms with Crippen molar-refractivity contribution < 1.29 is 4.79 Å². The summed E-state index contributed by atoms with van der Waals surface area (Å²) in [7, 11) is 0. The molecular formula is C22H29N3O. The number of nitrogens with zero attached hydrogens (tertiary/aromatic N) is 3. The van der Waals surface area contributed by atoms with Gasteiger partial charge in [-0.05, 0) is 57.6 Å². The van der Waals surface area contributed by atoms with E-state index in [9.17, 15) is 4.79 Å². The number of carbonyl (C=O) groups is 1. The molecule has 1 aromatic carbocycles. The van der Waals surface area contributed by atoms with Crippen molar-refractivity contribution in [1.82, 2.24) is 14.7 Å². The molecule has 1 amide bonds. The number of fused-ring (bicyclic) bond motifs is 1. The minimum Gasteiger partial charge on any atom is -0.335 e. The van der Waals surface area contributed by atoms with Crippen LogP contribution in [0.15, 0.2) is 24.3 Å². The summed E-state index contributed by atoms with van der Waals surface area (Å²) in [6, 6.07) is 8.71. The molecule has 0 bridgehead atoms. The zero-order chi connectivity index (χ0) is 18.1. The number of benzene rings is 1. The van der Waals surface area contributed by atoms with Crippen LogP contribution in [0.2, 0.25) is 0 Å². The molecule has 4 rings (SSSR count). The Morgan fingerprint density at radius 3 is 2.65 bits per heavy atom. The van der Waals surface area contributed by atoms with Crippen molar-refractivity contribution in [3.63, 3.8) is 0 Å². The topological polar surface area (TPSA) is 38.1 Å². The maximum atomic E-state index is 13.4. The number of amides is 1. The lowest BCUT2D eigenvalue weighted by Gasteiger charge is -2.33. The molecule has 2 aliphatic carbocycles. The molecule has 2 aliphatic rings. The Kier molecular flexibility index (Phi) is 4.84. The summed E-state index contributed by atoms with van der Waals surface area (Å²) in [6.07, 6.45) is 9.17. The van der Waals surface area contributed by atoms with E-state index in [0.717, 1.165) is 44.3 Å². The fraction of sp³-hybridized carbons (Fsp3) is 0.545. The number of aromatic nitrogens is 2. The maximum absolute atomic E-state index is 13.4. The van der Waals surface area contributed by atoms with E-state index in [4.69, 9.17) is 5.10 Å². The van der Waals surface area contributed by atoms with Crippen molar-refractivity contribution in [1.29, 1.82) is 0 Å². The van der Waals surface area contributed by atoms with Crippen molar-refractivity contribution in [2.75, 3.05) is 6.54 Å². The van der Waals surface area contributed by atoms with Crippen molar-refractivity contribution in [3.8, 4) is 5.69 Å². The molecular weight excluding hydrogens is 322 g/mol. The molecule has 2 aromatic rings. The first-order valence-electron chi connectivity index (χ1n) is 10.2. The first-order chi connectivity index (χ1) is 12.7. The number of hydrogen-bond acceptors (Lipinski definition) is 2. The Morgan fingerprint density at radius 2 is 1.92 bits per heavy atom. The predicted octanol–water partition coefficient (Wildman–Crippen LogP) is 4.46. The standard InChI is InChI=1S/C22H29N3O/c1-3-24(17-11-5-4-6-12-17)22(26)21-18-13-9-15-20(18)25(23-21)19-14-8-7-10-16(19)2/h7-8,10,14,17H,3-6,9,11-13,15H2,1-2H3. The van der Waals surface area contributed by atoms with Gasteiger partial charge in [-0.1, -0.05) is 37.5 Å². The van der Waals surface area contributed by atoms with Gasteiger partial charge in [-0.2, -0.15) is 5.10 Å². The summed E-state index contributed by atoms with van der Waals surface area (Å²) in [4.78, 5) is 15.5. The van der Waals surface area contributed by atoms with Crippen LogP contribution in [0.25, 0.3) is 5.69 Å². The van der Waals surface area contributed by atoms with Gasteiger partial charge in [0.15, 0.2) is 5.69 Å². The molecule has 0 N–H and O–H groups in total. The summed E-state index contributed by atoms with van der Waals surface area (Å²) < 4.78 is 2.04. The number of carbonyl (C=O) groups excluding carboxylic acids is 1. The van der Waals surface area contributed by atoms with Gasteiger partial charge in [0.25, 0.3) is 5.91 Å². The second-order valence-electron chi connectivity index (χ2n) is 7.71. The lowest BCUT2D eigenvalue weighted by molar-refractivity contribution is 0.0640. The summed E-state index contributed by atoms with van der Waals surface area (Å²) in [5.41, 5.74) is 5.43. The largest absolute Gasteiger partial charge is 0.335 e. The summed E-state index contributed by atoms with van der Waals surface area (Å²) >= 11 is 0. The molecule has 0 atom stereocenters. The van der Waals surface area contributed by atoms with E-state index in [1.165, 1.54) is 36.1 Å². The van der Waals surface area contributed by atoms with Gasteiger partial charge < -0.3 is 4.90 Å². The van der Waals surface area contributed by atoms with Crippen LogP contribution in [0.4, 0.5) is 0 Å². The van der Waals surface area contributed by atoms with Crippen LogP contribution < -0.4 is 0 Å². The Morgan fingerprint density at radius 1 is 1.15 bits per heavy atom. The van der Waals surface area contributed by atoms with Crippen LogP contribution in [0.3, 0.4) is 0 Å². The molecule has 4 nitrogen and oxygen atoms in total. The quantitative estimate of drug-likeness (QED) is 0.815. The second kappa shape index (κ2) is 7.26. The molecule has 26 heavy (non-hydrogen) atoms. The van der Waals surface area contributed by atoms with E-state index in [1.54, 1.807) is 0 Å². The zero-order valence-corrected chi connectivity index (χ0v) is 16.0. The molecule has 0 spiro atoms. The third-order valence-corrected chi connectivity index (χ3v) is 6.09. The average Bonchev–Trinajstić information content (AvgIpc) is 3.26. The van der Waals surface area contributed by atoms with Crippen LogP contribution in [0, 0.1) is 6.92 Å². The van der Waals surface area contributed by atoms with Crippen LogP contribution in [-0.4, -0.2) is 33.2 Å². The Labute approximate surface area is 156 Å². The molecule has 138 valence electrons. The summed E-state index contributed by atoms with van der Waals surface area (Å²) in [5, 5.41) is 4.85. The van der Waals surface area contributed by atoms with E-state index in [-0.39, 0.29) is 5.91 Å². The van der Waals surface area contributed by atoms with Crippen molar-refractivity contribution in [2.45, 2.75) is 71.3 Å². The number of aryl methyl sites for hydroxylation is 1. The zero-order valence-electron chi connectivity index (χ0n) is 16.0. The lowest BCUT2D eigenvalue weighted by Crippen LogP contribution is -2.41. The fourth-order valence-corrected chi connectivity index (χ4v) is 4.71. The second-order valence-corrected chi connectivity index (χ2v) is 7.71. The predicted molar refractivity (Wildman–Crippen MR) is 104 cm³/mol. The van der Waals surface area contributed by atoms with Gasteiger partial charge in [-0.25, -0.2) is 4.68 Å². The van der Waals surface area contributed by atoms with E-state index in [1.807, 2.05) is 10.7 Å². The summed E-state index contributed by atoms with van der Waals surface area (Å²) in [5.74, 6) is 0.143. The minimum atomic E-state index is 0.143. The molecule has 4 heteroatoms. The Bertz CT molecular complexity index is 802. The molecule has 0 saturated heterocycles. The van der Waals surface area contributed by atoms with Gasteiger partial charge in [0.1, 0.15) is 0 Å². The number of rotatable bonds is 4. The third-order valence-electron chi connectivity index (χ3n) is 6.09. The van der Waals surface area contributed by atoms with Gasteiger partial charge in [0.2, 0.25) is 0 Å². The molecule has 1 heterocycles. The van der Waals surface area contributed by atoms with Crippen LogP contribution in [-0.2, 0) is 12.8 Å². The smallest absolute Gasteiger partial charge is 0.274 e. The summed E-state index contributed by atoms with van der Waals surface area (Å²) in [6.45, 7) is 4.99. The minimum absolute atomic E-state index is 0.143. The van der Waals surface area contributed by atoms with Crippen LogP contribution in [0.5, 0.6) is 0 Å². The fourth-order valence-electron chi connectivity index (χ4n) is 4.71. The normalized spacial score (nSPS) is 17.3. The first kappa shape index (κ1) is 17.3. The third kappa shape index (κ3) is 2.95. The van der Waals surface area contributed by atoms with Gasteiger partial charge >= 0.3 is 0 Å². The first-order valence-corrected chi connectivity index (χ1v) is 10.2. The van der Waals surface area contributed by atoms with Gasteiger partial charge in [0, 0.05) is 23.8 Å². The van der Waals surface area contributed by atoms with E-state index in [2.05, 4.69) is 36.9 Å². The van der Waals surface area contributed by atoms with Crippen LogP contribution in [0.1, 0.15) is 72.8 Å². The molecule has 0 unspecified atom stereocenters. The van der Waals surface area contributed by atoms with Gasteiger partial charge in [0.05, 0.1) is 5.69 Å². The Balaban J connectivity index is 1.72. The van der Waals surface area contributed by atoms with E-state index in [0.29, 0.717) is 11.7 Å². The van der Waals surface area contributed by atoms with E-state index >= 15 is 0 Å². The highest BCUT2D eigenvalue weighted by Crippen LogP contribution is 2.31. The van der Waals surface area contributed by atoms with Crippen molar-refractivity contribution >= 4 is 5.91 Å². The maximum Gasteiger partial charge on any atom is 0.274 e. The van der Waals surface area contributed by atoms with Gasteiger partial charge in [-0.15, -0.1) is 0 Å². The Hall–Kier alpha value is -2.10. The molecule has 0 radical (unpaired) electrons. The van der Waals surface area contributed by atoms with E-state index < -0.39 is 0 Å². The van der Waals surface area contributed by atoms with Crippen molar-refractivity contribution in [2.24, 2.45) is 0 Å². The highest BCUT2D eigenvalue weighted by atomic mass is 16.2. The molecule has 1 aromatic heterocycles. The number of para-hydroxylation sites is 1. The molecule has 1 fully saturated rings. The highest BCUT2D eigenvalue weighted by molar-refractivity contribution is 5.94. The number of hydrogen-bond donors (Lipinski definition) is 0. The molecule has 0 aliphatic heterocycles. The van der Waals surface area contributed by atoms with Crippen LogP contribution >= 0.6 is 0 Å². The van der Waals surface area contributed by atoms with Gasteiger partial charge in [-0.3, -0.25) is 4.79 Å². The average molecular weight is 351 g/mol. The molecule has 1 saturated carbocycles. The lowest BCUT2D eigenvalue weighted by atomic mass is 9.94. The monoisotopic (exact) mass is 351 g/mol. The highest BCUT2D eigenvalue weighted by Gasteiger charge is 2.32. The SMILES string of the molecule is CCN(C(=O)c1nn(-c2ccccc2C)c2c1CCC2)C1CCCCC1.